The molecule has 0 rings (SSSR count). The number of methoxy groups -OCH3 is 1. The van der Waals surface area contributed by atoms with Crippen LogP contribution in [0.4, 0.5) is 0 Å². The summed E-state index contributed by atoms with van der Waals surface area (Å²) in [6.07, 6.45) is 1.70. The predicted molar refractivity (Wildman–Crippen MR) is 40.0 cm³/mol. The van der Waals surface area contributed by atoms with Gasteiger partial charge in [-0.2, -0.15) is 0 Å². The van der Waals surface area contributed by atoms with E-state index in [1.807, 2.05) is 0 Å². The van der Waals surface area contributed by atoms with Crippen molar-refractivity contribution in [3.05, 3.63) is 0 Å². The number of ether oxygens (including phenoxy) is 1. The Kier molecular flexibility index (Phi) is 4.11. The maximum Gasteiger partial charge on any atom is 0.326 e. The molecule has 0 spiro atoms. The van der Waals surface area contributed by atoms with Crippen LogP contribution in [-0.2, 0) is 14.3 Å². The number of hydrogen-bond donors (Lipinski definition) is 0. The minimum Gasteiger partial charge on any atom is -0.468 e. The maximum atomic E-state index is 10.7. The topological polar surface area (TPSA) is 43.4 Å². The van der Waals surface area contributed by atoms with Gasteiger partial charge in [-0.05, 0) is 13.2 Å². The van der Waals surface area contributed by atoms with Crippen LogP contribution in [0.15, 0.2) is 0 Å². The van der Waals surface area contributed by atoms with Crippen LogP contribution < -0.4 is 0 Å². The molecule has 1 atom stereocenters. The molecule has 3 nitrogen and oxygen atoms in total. The monoisotopic (exact) mass is 162 g/mol. The van der Waals surface area contributed by atoms with Crippen molar-refractivity contribution < 1.29 is 14.3 Å². The molecule has 4 heteroatoms. The Morgan fingerprint density at radius 3 is 2.10 bits per heavy atom. The minimum absolute atomic E-state index is 0.167. The molecule has 0 saturated heterocycles. The van der Waals surface area contributed by atoms with E-state index >= 15 is 0 Å². The molecule has 0 aliphatic heterocycles. The first-order valence-corrected chi connectivity index (χ1v) is 4.03. The van der Waals surface area contributed by atoms with Gasteiger partial charge in [0.2, 0.25) is 0 Å². The highest BCUT2D eigenvalue weighted by Gasteiger charge is 2.21. The molecule has 10 heavy (non-hydrogen) atoms. The van der Waals surface area contributed by atoms with Gasteiger partial charge in [0.1, 0.15) is 0 Å². The third-order valence-corrected chi connectivity index (χ3v) is 2.02. The Morgan fingerprint density at radius 1 is 1.50 bits per heavy atom. The van der Waals surface area contributed by atoms with Crippen LogP contribution in [0, 0.1) is 0 Å². The zero-order valence-electron chi connectivity index (χ0n) is 6.21. The van der Waals surface area contributed by atoms with Crippen molar-refractivity contribution in [2.75, 3.05) is 13.4 Å². The highest BCUT2D eigenvalue weighted by atomic mass is 32.2. The lowest BCUT2D eigenvalue weighted by Gasteiger charge is -2.06. The van der Waals surface area contributed by atoms with Crippen LogP contribution in [0.3, 0.4) is 0 Å². The first-order valence-electron chi connectivity index (χ1n) is 2.74. The Labute approximate surface area is 64.1 Å². The molecule has 0 aromatic rings. The van der Waals surface area contributed by atoms with Gasteiger partial charge in [-0.15, -0.1) is 11.8 Å². The van der Waals surface area contributed by atoms with Gasteiger partial charge in [0.05, 0.1) is 7.11 Å². The fraction of sp³-hybridized carbons (Fsp3) is 0.667. The van der Waals surface area contributed by atoms with Crippen molar-refractivity contribution in [1.82, 2.24) is 0 Å². The predicted octanol–water partition coefficient (Wildman–Crippen LogP) is 0.480. The van der Waals surface area contributed by atoms with Gasteiger partial charge < -0.3 is 4.74 Å². The summed E-state index contributed by atoms with van der Waals surface area (Å²) in [6.45, 7) is 1.37. The van der Waals surface area contributed by atoms with Crippen molar-refractivity contribution in [3.63, 3.8) is 0 Å². The molecular weight excluding hydrogens is 152 g/mol. The molecule has 0 fully saturated rings. The third-order valence-electron chi connectivity index (χ3n) is 1.02. The van der Waals surface area contributed by atoms with E-state index in [0.29, 0.717) is 0 Å². The van der Waals surface area contributed by atoms with Crippen molar-refractivity contribution in [2.45, 2.75) is 12.2 Å². The van der Waals surface area contributed by atoms with Crippen LogP contribution in [0.5, 0.6) is 0 Å². The second-order valence-electron chi connectivity index (χ2n) is 1.75. The van der Waals surface area contributed by atoms with Crippen LogP contribution >= 0.6 is 11.8 Å². The molecule has 0 N–H and O–H groups in total. The summed E-state index contributed by atoms with van der Waals surface area (Å²) in [5, 5.41) is -0.648. The van der Waals surface area contributed by atoms with E-state index in [0.717, 1.165) is 0 Å². The van der Waals surface area contributed by atoms with Gasteiger partial charge in [-0.3, -0.25) is 9.59 Å². The summed E-state index contributed by atoms with van der Waals surface area (Å²) in [7, 11) is 1.27. The molecule has 0 radical (unpaired) electrons. The first-order chi connectivity index (χ1) is 4.63. The molecule has 0 aromatic carbocycles. The van der Waals surface area contributed by atoms with E-state index in [-0.39, 0.29) is 5.78 Å². The smallest absolute Gasteiger partial charge is 0.326 e. The van der Waals surface area contributed by atoms with Crippen molar-refractivity contribution >= 4 is 23.5 Å². The molecule has 0 aliphatic carbocycles. The average molecular weight is 162 g/mol. The molecule has 0 aliphatic rings. The number of ketones is 1. The molecule has 0 heterocycles. The number of Topliss-reactive ketones (excluding diaryl/α,β-unsaturated/α-hetero) is 1. The SMILES string of the molecule is COC(=O)C(SC)C(C)=O. The normalized spacial score (nSPS) is 12.3. The summed E-state index contributed by atoms with van der Waals surface area (Å²) in [5.41, 5.74) is 0. The summed E-state index contributed by atoms with van der Waals surface area (Å²) < 4.78 is 4.38. The Hall–Kier alpha value is -0.510. The molecule has 1 unspecified atom stereocenters. The largest absolute Gasteiger partial charge is 0.468 e. The molecular formula is C6H10O3S. The van der Waals surface area contributed by atoms with Gasteiger partial charge in [0, 0.05) is 0 Å². The van der Waals surface area contributed by atoms with Crippen molar-refractivity contribution in [1.29, 1.82) is 0 Å². The van der Waals surface area contributed by atoms with E-state index in [1.54, 1.807) is 6.26 Å². The van der Waals surface area contributed by atoms with E-state index in [2.05, 4.69) is 4.74 Å². The average Bonchev–Trinajstić information content (AvgIpc) is 1.88. The number of esters is 1. The lowest BCUT2D eigenvalue weighted by Crippen LogP contribution is -2.25. The summed E-state index contributed by atoms with van der Waals surface area (Å²) >= 11 is 1.19. The van der Waals surface area contributed by atoms with Crippen molar-refractivity contribution in [3.8, 4) is 0 Å². The summed E-state index contributed by atoms with van der Waals surface area (Å²) in [4.78, 5) is 21.4. The van der Waals surface area contributed by atoms with Crippen molar-refractivity contribution in [2.24, 2.45) is 0 Å². The second-order valence-corrected chi connectivity index (χ2v) is 2.69. The van der Waals surface area contributed by atoms with Crippen LogP contribution in [0.25, 0.3) is 0 Å². The fourth-order valence-electron chi connectivity index (χ4n) is 0.535. The van der Waals surface area contributed by atoms with Crippen LogP contribution in [0.2, 0.25) is 0 Å². The number of carbonyl (C=O) groups excluding carboxylic acids is 2. The van der Waals surface area contributed by atoms with Crippen LogP contribution in [-0.4, -0.2) is 30.4 Å². The zero-order chi connectivity index (χ0) is 8.15. The maximum absolute atomic E-state index is 10.7. The van der Waals surface area contributed by atoms with E-state index in [4.69, 9.17) is 0 Å². The Bertz CT molecular complexity index is 144. The van der Waals surface area contributed by atoms with Gasteiger partial charge in [0.15, 0.2) is 11.0 Å². The van der Waals surface area contributed by atoms with E-state index < -0.39 is 11.2 Å². The Balaban J connectivity index is 4.06. The molecule has 58 valence electrons. The first kappa shape index (κ1) is 9.49. The molecule has 0 bridgehead atoms. The minimum atomic E-state index is -0.648. The lowest BCUT2D eigenvalue weighted by molar-refractivity contribution is -0.142. The molecule has 0 amide bonds. The number of rotatable bonds is 3. The highest BCUT2D eigenvalue weighted by molar-refractivity contribution is 8.00. The van der Waals surface area contributed by atoms with E-state index in [1.165, 1.54) is 25.8 Å². The summed E-state index contributed by atoms with van der Waals surface area (Å²) in [6, 6.07) is 0. The molecule has 0 saturated carbocycles. The fourth-order valence-corrected chi connectivity index (χ4v) is 1.16. The highest BCUT2D eigenvalue weighted by Crippen LogP contribution is 2.08. The zero-order valence-corrected chi connectivity index (χ0v) is 7.03. The van der Waals surface area contributed by atoms with Gasteiger partial charge in [-0.1, -0.05) is 0 Å². The van der Waals surface area contributed by atoms with E-state index in [9.17, 15) is 9.59 Å². The standard InChI is InChI=1S/C6H10O3S/c1-4(7)5(10-3)6(8)9-2/h5H,1-3H3. The molecule has 0 aromatic heterocycles. The van der Waals surface area contributed by atoms with Gasteiger partial charge >= 0.3 is 5.97 Å². The third kappa shape index (κ3) is 2.39. The number of carbonyl (C=O) groups is 2. The van der Waals surface area contributed by atoms with Gasteiger partial charge in [0.25, 0.3) is 0 Å². The lowest BCUT2D eigenvalue weighted by atomic mass is 10.3. The quantitative estimate of drug-likeness (QED) is 0.447. The number of thioether (sulfide) groups is 1. The summed E-state index contributed by atoms with van der Waals surface area (Å²) in [5.74, 6) is -0.639. The van der Waals surface area contributed by atoms with Crippen LogP contribution in [0.1, 0.15) is 6.92 Å². The van der Waals surface area contributed by atoms with Gasteiger partial charge in [-0.25, -0.2) is 0 Å². The number of hydrogen-bond acceptors (Lipinski definition) is 4. The second kappa shape index (κ2) is 4.33. The Morgan fingerprint density at radius 2 is 2.00 bits per heavy atom.